The van der Waals surface area contributed by atoms with Gasteiger partial charge in [-0.25, -0.2) is 4.98 Å². The van der Waals surface area contributed by atoms with E-state index in [1.54, 1.807) is 11.3 Å². The van der Waals surface area contributed by atoms with Crippen molar-refractivity contribution >= 4 is 11.3 Å². The van der Waals surface area contributed by atoms with E-state index in [0.29, 0.717) is 12.0 Å². The minimum atomic E-state index is 0.303. The molecule has 18 heavy (non-hydrogen) atoms. The Labute approximate surface area is 111 Å². The van der Waals surface area contributed by atoms with Crippen LogP contribution in [0.25, 0.3) is 0 Å². The zero-order chi connectivity index (χ0) is 12.4. The lowest BCUT2D eigenvalue weighted by atomic mass is 9.94. The Bertz CT molecular complexity index is 508. The quantitative estimate of drug-likeness (QED) is 0.917. The lowest BCUT2D eigenvalue weighted by Crippen LogP contribution is -2.26. The van der Waals surface area contributed by atoms with Gasteiger partial charge in [0.15, 0.2) is 0 Å². The van der Waals surface area contributed by atoms with Gasteiger partial charge in [-0.1, -0.05) is 13.0 Å². The molecule has 0 amide bonds. The van der Waals surface area contributed by atoms with Gasteiger partial charge in [0.2, 0.25) is 0 Å². The molecule has 2 aromatic rings. The summed E-state index contributed by atoms with van der Waals surface area (Å²) in [5.74, 6) is 0.461. The van der Waals surface area contributed by atoms with Gasteiger partial charge in [-0.15, -0.1) is 11.3 Å². The molecule has 0 saturated heterocycles. The van der Waals surface area contributed by atoms with Crippen LogP contribution in [0.4, 0.5) is 0 Å². The predicted molar refractivity (Wildman–Crippen MR) is 73.8 cm³/mol. The first kappa shape index (κ1) is 11.8. The van der Waals surface area contributed by atoms with E-state index in [-0.39, 0.29) is 0 Å². The normalized spacial score (nSPS) is 19.7. The molecule has 0 fully saturated rings. The molecule has 0 bridgehead atoms. The summed E-state index contributed by atoms with van der Waals surface area (Å²) < 4.78 is 0. The molecule has 2 unspecified atom stereocenters. The van der Waals surface area contributed by atoms with Crippen molar-refractivity contribution in [3.63, 3.8) is 0 Å². The summed E-state index contributed by atoms with van der Waals surface area (Å²) in [4.78, 5) is 9.07. The van der Waals surface area contributed by atoms with Crippen LogP contribution in [-0.2, 0) is 6.42 Å². The molecule has 2 atom stereocenters. The molecular weight excluding hydrogens is 242 g/mol. The van der Waals surface area contributed by atoms with Crippen molar-refractivity contribution in [1.82, 2.24) is 15.3 Å². The lowest BCUT2D eigenvalue weighted by Gasteiger charge is -2.23. The van der Waals surface area contributed by atoms with Crippen LogP contribution in [-0.4, -0.2) is 16.5 Å². The molecule has 0 aromatic carbocycles. The third-order valence-corrected chi connectivity index (χ3v) is 4.20. The number of hydrogen-bond donors (Lipinski definition) is 1. The number of nitrogens with one attached hydrogen (secondary N) is 1. The molecule has 1 aliphatic carbocycles. The summed E-state index contributed by atoms with van der Waals surface area (Å²) in [5, 5.41) is 5.72. The van der Waals surface area contributed by atoms with Gasteiger partial charge in [0.1, 0.15) is 0 Å². The molecule has 3 rings (SSSR count). The van der Waals surface area contributed by atoms with E-state index in [1.165, 1.54) is 17.7 Å². The molecule has 0 radical (unpaired) electrons. The molecule has 1 N–H and O–H groups in total. The Morgan fingerprint density at radius 2 is 2.44 bits per heavy atom. The second kappa shape index (κ2) is 5.16. The molecule has 0 aliphatic heterocycles. The summed E-state index contributed by atoms with van der Waals surface area (Å²) in [6, 6.07) is 4.54. The summed E-state index contributed by atoms with van der Waals surface area (Å²) in [7, 11) is 0. The van der Waals surface area contributed by atoms with Crippen molar-refractivity contribution in [2.24, 2.45) is 0 Å². The second-order valence-corrected chi connectivity index (χ2v) is 5.36. The Morgan fingerprint density at radius 3 is 3.22 bits per heavy atom. The Kier molecular flexibility index (Phi) is 3.39. The van der Waals surface area contributed by atoms with Crippen LogP contribution >= 0.6 is 11.3 Å². The first-order chi connectivity index (χ1) is 8.90. The van der Waals surface area contributed by atoms with E-state index in [0.717, 1.165) is 18.7 Å². The fraction of sp³-hybridized carbons (Fsp3) is 0.429. The van der Waals surface area contributed by atoms with Gasteiger partial charge in [-0.05, 0) is 31.0 Å². The highest BCUT2D eigenvalue weighted by molar-refractivity contribution is 7.07. The minimum absolute atomic E-state index is 0.303. The standard InChI is InChI=1S/C14H17N3S/c1-2-15-14(12-8-18-9-17-12)11-6-5-10-4-3-7-16-13(10)11/h3-4,7-9,11,14-15H,2,5-6H2,1H3. The fourth-order valence-electron chi connectivity index (χ4n) is 2.82. The maximum Gasteiger partial charge on any atom is 0.0795 e. The number of rotatable bonds is 4. The van der Waals surface area contributed by atoms with Gasteiger partial charge >= 0.3 is 0 Å². The summed E-state index contributed by atoms with van der Waals surface area (Å²) >= 11 is 1.66. The van der Waals surface area contributed by atoms with Crippen LogP contribution in [0.15, 0.2) is 29.2 Å². The van der Waals surface area contributed by atoms with Gasteiger partial charge in [0.05, 0.1) is 17.2 Å². The van der Waals surface area contributed by atoms with E-state index < -0.39 is 0 Å². The van der Waals surface area contributed by atoms with Gasteiger partial charge in [0, 0.05) is 23.2 Å². The Balaban J connectivity index is 1.93. The first-order valence-corrected chi connectivity index (χ1v) is 7.39. The highest BCUT2D eigenvalue weighted by Crippen LogP contribution is 2.40. The Hall–Kier alpha value is -1.26. The average molecular weight is 259 g/mol. The fourth-order valence-corrected chi connectivity index (χ4v) is 3.41. The summed E-state index contributed by atoms with van der Waals surface area (Å²) in [6.45, 7) is 3.11. The lowest BCUT2D eigenvalue weighted by molar-refractivity contribution is 0.440. The number of aryl methyl sites for hydroxylation is 1. The van der Waals surface area contributed by atoms with Crippen LogP contribution in [0.3, 0.4) is 0 Å². The second-order valence-electron chi connectivity index (χ2n) is 4.64. The van der Waals surface area contributed by atoms with Crippen LogP contribution < -0.4 is 5.32 Å². The van der Waals surface area contributed by atoms with E-state index in [9.17, 15) is 0 Å². The molecule has 0 spiro atoms. The van der Waals surface area contributed by atoms with E-state index >= 15 is 0 Å². The first-order valence-electron chi connectivity index (χ1n) is 6.45. The number of fused-ring (bicyclic) bond motifs is 1. The number of hydrogen-bond acceptors (Lipinski definition) is 4. The number of pyridine rings is 1. The monoisotopic (exact) mass is 259 g/mol. The maximum atomic E-state index is 4.59. The smallest absolute Gasteiger partial charge is 0.0795 e. The van der Waals surface area contributed by atoms with Crippen LogP contribution in [0.5, 0.6) is 0 Å². The van der Waals surface area contributed by atoms with Crippen molar-refractivity contribution in [2.45, 2.75) is 31.7 Å². The van der Waals surface area contributed by atoms with Crippen LogP contribution in [0.2, 0.25) is 0 Å². The third-order valence-electron chi connectivity index (χ3n) is 3.60. The van der Waals surface area contributed by atoms with Gasteiger partial charge < -0.3 is 5.32 Å². The number of nitrogens with zero attached hydrogens (tertiary/aromatic N) is 2. The molecule has 3 nitrogen and oxygen atoms in total. The molecule has 1 aliphatic rings. The number of aromatic nitrogens is 2. The van der Waals surface area contributed by atoms with Crippen molar-refractivity contribution in [3.05, 3.63) is 46.2 Å². The molecule has 0 saturated carbocycles. The average Bonchev–Trinajstić information content (AvgIpc) is 3.06. The number of likely N-dealkylation sites (N-methyl/N-ethyl adjacent to an activating group) is 1. The van der Waals surface area contributed by atoms with E-state index in [1.807, 2.05) is 17.8 Å². The predicted octanol–water partition coefficient (Wildman–Crippen LogP) is 2.92. The number of thiazole rings is 1. The summed E-state index contributed by atoms with van der Waals surface area (Å²) in [6.07, 6.45) is 4.21. The van der Waals surface area contributed by atoms with Crippen molar-refractivity contribution < 1.29 is 0 Å². The van der Waals surface area contributed by atoms with Crippen molar-refractivity contribution in [3.8, 4) is 0 Å². The molecule has 2 heterocycles. The van der Waals surface area contributed by atoms with Crippen molar-refractivity contribution in [2.75, 3.05) is 6.54 Å². The molecule has 4 heteroatoms. The zero-order valence-corrected chi connectivity index (χ0v) is 11.3. The van der Waals surface area contributed by atoms with Crippen LogP contribution in [0, 0.1) is 0 Å². The van der Waals surface area contributed by atoms with E-state index in [4.69, 9.17) is 0 Å². The van der Waals surface area contributed by atoms with Crippen LogP contribution in [0.1, 0.15) is 42.3 Å². The van der Waals surface area contributed by atoms with Gasteiger partial charge in [-0.2, -0.15) is 0 Å². The van der Waals surface area contributed by atoms with Gasteiger partial charge in [-0.3, -0.25) is 4.98 Å². The minimum Gasteiger partial charge on any atom is -0.308 e. The van der Waals surface area contributed by atoms with E-state index in [2.05, 4.69) is 33.7 Å². The SMILES string of the molecule is CCNC(c1cscn1)C1CCc2cccnc21. The highest BCUT2D eigenvalue weighted by Gasteiger charge is 2.32. The largest absolute Gasteiger partial charge is 0.308 e. The Morgan fingerprint density at radius 1 is 1.50 bits per heavy atom. The third kappa shape index (κ3) is 2.06. The zero-order valence-electron chi connectivity index (χ0n) is 10.5. The van der Waals surface area contributed by atoms with Gasteiger partial charge in [0.25, 0.3) is 0 Å². The maximum absolute atomic E-state index is 4.59. The highest BCUT2D eigenvalue weighted by atomic mass is 32.1. The molecule has 94 valence electrons. The summed E-state index contributed by atoms with van der Waals surface area (Å²) in [5.41, 5.74) is 5.73. The molecular formula is C14H17N3S. The molecule has 2 aromatic heterocycles. The van der Waals surface area contributed by atoms with Crippen molar-refractivity contribution in [1.29, 1.82) is 0 Å². The topological polar surface area (TPSA) is 37.8 Å².